The molecule has 0 amide bonds. The Morgan fingerprint density at radius 3 is 2.75 bits per heavy atom. The third-order valence-corrected chi connectivity index (χ3v) is 3.04. The lowest BCUT2D eigenvalue weighted by Gasteiger charge is -2.23. The largest absolute Gasteiger partial charge is 0.393 e. The molecule has 0 aliphatic carbocycles. The van der Waals surface area contributed by atoms with Crippen molar-refractivity contribution in [3.8, 4) is 0 Å². The van der Waals surface area contributed by atoms with Crippen molar-refractivity contribution in [2.45, 2.75) is 19.9 Å². The smallest absolute Gasteiger partial charge is 0.151 e. The first-order valence-electron chi connectivity index (χ1n) is 6.37. The Labute approximate surface area is 123 Å². The van der Waals surface area contributed by atoms with Crippen LogP contribution in [0.25, 0.3) is 0 Å². The average Bonchev–Trinajstić information content (AvgIpc) is 2.45. The van der Waals surface area contributed by atoms with Gasteiger partial charge in [-0.3, -0.25) is 4.98 Å². The maximum Gasteiger partial charge on any atom is 0.151 e. The maximum atomic E-state index is 5.59. The highest BCUT2D eigenvalue weighted by Crippen LogP contribution is 2.14. The highest BCUT2D eigenvalue weighted by molar-refractivity contribution is 7.80. The van der Waals surface area contributed by atoms with E-state index < -0.39 is 0 Å². The van der Waals surface area contributed by atoms with E-state index in [9.17, 15) is 0 Å². The zero-order valence-corrected chi connectivity index (χ0v) is 12.2. The third kappa shape index (κ3) is 4.24. The summed E-state index contributed by atoms with van der Waals surface area (Å²) in [6.07, 6.45) is 4.25. The second-order valence-corrected chi connectivity index (χ2v) is 5.06. The number of hydrogen-bond acceptors (Lipinski definition) is 5. The van der Waals surface area contributed by atoms with Crippen molar-refractivity contribution in [2.75, 3.05) is 11.4 Å². The van der Waals surface area contributed by atoms with E-state index in [2.05, 4.69) is 20.1 Å². The van der Waals surface area contributed by atoms with Gasteiger partial charge < -0.3 is 10.6 Å². The van der Waals surface area contributed by atoms with Gasteiger partial charge in [-0.05, 0) is 30.7 Å². The molecule has 20 heavy (non-hydrogen) atoms. The Morgan fingerprint density at radius 2 is 2.15 bits per heavy atom. The fourth-order valence-electron chi connectivity index (χ4n) is 1.79. The normalized spacial score (nSPS) is 10.2. The Hall–Kier alpha value is -2.08. The number of nitrogens with two attached hydrogens (primary N) is 1. The molecule has 2 N–H and O–H groups in total. The summed E-state index contributed by atoms with van der Waals surface area (Å²) < 4.78 is 0. The molecular weight excluding hydrogens is 270 g/mol. The SMILES string of the molecule is Cc1ccc(N(CCC(N)=S)Cc2cccnc2)nn1. The number of aryl methyl sites for hydroxylation is 1. The Balaban J connectivity index is 2.15. The van der Waals surface area contributed by atoms with Gasteiger partial charge in [0.2, 0.25) is 0 Å². The van der Waals surface area contributed by atoms with Crippen LogP contribution in [-0.2, 0) is 6.54 Å². The lowest BCUT2D eigenvalue weighted by Crippen LogP contribution is -2.28. The summed E-state index contributed by atoms with van der Waals surface area (Å²) in [7, 11) is 0. The summed E-state index contributed by atoms with van der Waals surface area (Å²) >= 11 is 4.95. The molecule has 0 aliphatic rings. The summed E-state index contributed by atoms with van der Waals surface area (Å²) in [6, 6.07) is 7.85. The molecule has 0 aliphatic heterocycles. The second-order valence-electron chi connectivity index (χ2n) is 4.53. The van der Waals surface area contributed by atoms with Gasteiger partial charge in [-0.15, -0.1) is 5.10 Å². The van der Waals surface area contributed by atoms with Crippen LogP contribution in [0.3, 0.4) is 0 Å². The highest BCUT2D eigenvalue weighted by Gasteiger charge is 2.10. The van der Waals surface area contributed by atoms with Crippen LogP contribution in [0.5, 0.6) is 0 Å². The van der Waals surface area contributed by atoms with Crippen LogP contribution in [0.15, 0.2) is 36.7 Å². The molecule has 104 valence electrons. The number of hydrogen-bond donors (Lipinski definition) is 1. The van der Waals surface area contributed by atoms with Gasteiger partial charge in [0.1, 0.15) is 0 Å². The van der Waals surface area contributed by atoms with Crippen LogP contribution in [0.2, 0.25) is 0 Å². The zero-order valence-electron chi connectivity index (χ0n) is 11.4. The van der Waals surface area contributed by atoms with Gasteiger partial charge in [0, 0.05) is 31.9 Å². The Morgan fingerprint density at radius 1 is 1.30 bits per heavy atom. The molecule has 2 aromatic heterocycles. The van der Waals surface area contributed by atoms with Crippen LogP contribution in [0.1, 0.15) is 17.7 Å². The summed E-state index contributed by atoms with van der Waals surface area (Å²) in [4.78, 5) is 6.73. The molecule has 0 bridgehead atoms. The molecule has 0 radical (unpaired) electrons. The van der Waals surface area contributed by atoms with Crippen molar-refractivity contribution in [1.82, 2.24) is 15.2 Å². The van der Waals surface area contributed by atoms with Gasteiger partial charge >= 0.3 is 0 Å². The van der Waals surface area contributed by atoms with Crippen molar-refractivity contribution in [1.29, 1.82) is 0 Å². The minimum Gasteiger partial charge on any atom is -0.393 e. The van der Waals surface area contributed by atoms with Gasteiger partial charge in [-0.1, -0.05) is 18.3 Å². The zero-order chi connectivity index (χ0) is 14.4. The molecule has 0 saturated heterocycles. The molecule has 2 aromatic rings. The van der Waals surface area contributed by atoms with E-state index in [1.807, 2.05) is 37.4 Å². The van der Waals surface area contributed by atoms with Crippen LogP contribution in [0.4, 0.5) is 5.82 Å². The van der Waals surface area contributed by atoms with E-state index in [-0.39, 0.29) is 0 Å². The van der Waals surface area contributed by atoms with E-state index in [4.69, 9.17) is 18.0 Å². The van der Waals surface area contributed by atoms with E-state index in [0.717, 1.165) is 17.1 Å². The van der Waals surface area contributed by atoms with Crippen LogP contribution in [-0.4, -0.2) is 26.7 Å². The fourth-order valence-corrected chi connectivity index (χ4v) is 1.88. The fraction of sp³-hybridized carbons (Fsp3) is 0.286. The summed E-state index contributed by atoms with van der Waals surface area (Å²) in [6.45, 7) is 3.33. The maximum absolute atomic E-state index is 5.59. The number of anilines is 1. The molecule has 2 heterocycles. The quantitative estimate of drug-likeness (QED) is 0.818. The average molecular weight is 287 g/mol. The lowest BCUT2D eigenvalue weighted by molar-refractivity contribution is 0.770. The molecule has 0 aromatic carbocycles. The third-order valence-electron chi connectivity index (χ3n) is 2.83. The monoisotopic (exact) mass is 287 g/mol. The van der Waals surface area contributed by atoms with Crippen molar-refractivity contribution < 1.29 is 0 Å². The predicted octanol–water partition coefficient (Wildman–Crippen LogP) is 1.86. The second kappa shape index (κ2) is 6.91. The Bertz CT molecular complexity index is 556. The summed E-state index contributed by atoms with van der Waals surface area (Å²) in [5.74, 6) is 0.815. The lowest BCUT2D eigenvalue weighted by atomic mass is 10.2. The van der Waals surface area contributed by atoms with Crippen molar-refractivity contribution in [2.24, 2.45) is 5.73 Å². The van der Waals surface area contributed by atoms with Crippen molar-refractivity contribution in [3.63, 3.8) is 0 Å². The van der Waals surface area contributed by atoms with E-state index in [1.165, 1.54) is 0 Å². The standard InChI is InChI=1S/C14H17N5S/c1-11-4-5-14(18-17-11)19(8-6-13(15)20)10-12-3-2-7-16-9-12/h2-5,7,9H,6,8,10H2,1H3,(H2,15,20). The predicted molar refractivity (Wildman–Crippen MR) is 83.5 cm³/mol. The topological polar surface area (TPSA) is 67.9 Å². The van der Waals surface area contributed by atoms with Gasteiger partial charge in [0.15, 0.2) is 5.82 Å². The minimum atomic E-state index is 0.501. The van der Waals surface area contributed by atoms with E-state index >= 15 is 0 Å². The molecule has 0 fully saturated rings. The van der Waals surface area contributed by atoms with Crippen LogP contribution < -0.4 is 10.6 Å². The molecule has 5 nitrogen and oxygen atoms in total. The molecule has 6 heteroatoms. The first-order chi connectivity index (χ1) is 9.65. The first-order valence-corrected chi connectivity index (χ1v) is 6.78. The van der Waals surface area contributed by atoms with E-state index in [0.29, 0.717) is 24.5 Å². The van der Waals surface area contributed by atoms with Crippen molar-refractivity contribution >= 4 is 23.0 Å². The van der Waals surface area contributed by atoms with Gasteiger partial charge in [-0.25, -0.2) is 0 Å². The molecular formula is C14H17N5S. The first kappa shape index (κ1) is 14.3. The molecule has 0 unspecified atom stereocenters. The molecule has 2 rings (SSSR count). The van der Waals surface area contributed by atoms with Crippen molar-refractivity contribution in [3.05, 3.63) is 47.9 Å². The number of thiocarbonyl (C=S) groups is 1. The number of aromatic nitrogens is 3. The summed E-state index contributed by atoms with van der Waals surface area (Å²) in [5.41, 5.74) is 7.59. The van der Waals surface area contributed by atoms with Gasteiger partial charge in [0.05, 0.1) is 10.7 Å². The number of rotatable bonds is 6. The molecule has 0 atom stereocenters. The van der Waals surface area contributed by atoms with Gasteiger partial charge in [0.25, 0.3) is 0 Å². The number of pyridine rings is 1. The number of nitrogens with zero attached hydrogens (tertiary/aromatic N) is 4. The van der Waals surface area contributed by atoms with E-state index in [1.54, 1.807) is 6.20 Å². The molecule has 0 saturated carbocycles. The molecule has 0 spiro atoms. The highest BCUT2D eigenvalue weighted by atomic mass is 32.1. The van der Waals surface area contributed by atoms with Crippen LogP contribution in [0, 0.1) is 6.92 Å². The van der Waals surface area contributed by atoms with Gasteiger partial charge in [-0.2, -0.15) is 5.10 Å². The Kier molecular flexibility index (Phi) is 4.95. The minimum absolute atomic E-state index is 0.501. The van der Waals surface area contributed by atoms with Crippen LogP contribution >= 0.6 is 12.2 Å². The summed E-state index contributed by atoms with van der Waals surface area (Å²) in [5, 5.41) is 8.32.